The number of rotatable bonds is 6. The van der Waals surface area contributed by atoms with E-state index in [0.29, 0.717) is 5.69 Å². The summed E-state index contributed by atoms with van der Waals surface area (Å²) in [6.45, 7) is 1.16. The van der Waals surface area contributed by atoms with E-state index in [9.17, 15) is 18.8 Å². The highest BCUT2D eigenvalue weighted by molar-refractivity contribution is 6.35. The molecule has 0 aliphatic carbocycles. The van der Waals surface area contributed by atoms with E-state index in [-0.39, 0.29) is 25.3 Å². The Morgan fingerprint density at radius 2 is 1.83 bits per heavy atom. The van der Waals surface area contributed by atoms with Gasteiger partial charge in [-0.2, -0.15) is 5.10 Å². The molecule has 8 nitrogen and oxygen atoms in total. The van der Waals surface area contributed by atoms with E-state index in [1.54, 1.807) is 0 Å². The van der Waals surface area contributed by atoms with E-state index in [1.165, 1.54) is 31.2 Å². The average molecular weight is 324 g/mol. The Labute approximate surface area is 131 Å². The lowest BCUT2D eigenvalue weighted by atomic mass is 10.2. The second-order valence-corrected chi connectivity index (χ2v) is 4.50. The van der Waals surface area contributed by atoms with Gasteiger partial charge in [0.2, 0.25) is 5.91 Å². The molecule has 0 bridgehead atoms. The fourth-order valence-corrected chi connectivity index (χ4v) is 1.46. The number of hydrogen-bond donors (Lipinski definition) is 4. The molecule has 0 atom stereocenters. The van der Waals surface area contributed by atoms with Crippen LogP contribution < -0.4 is 16.1 Å². The molecule has 1 aromatic rings. The molecule has 0 aliphatic rings. The molecule has 0 aromatic heterocycles. The lowest BCUT2D eigenvalue weighted by molar-refractivity contribution is -0.139. The van der Waals surface area contributed by atoms with Crippen molar-refractivity contribution in [3.8, 4) is 0 Å². The normalized spacial score (nSPS) is 10.8. The summed E-state index contributed by atoms with van der Waals surface area (Å²) in [5.74, 6) is -2.76. The molecule has 4 N–H and O–H groups in total. The summed E-state index contributed by atoms with van der Waals surface area (Å²) in [7, 11) is 0. The Kier molecular flexibility index (Phi) is 7.34. The van der Waals surface area contributed by atoms with Crippen LogP contribution in [0.2, 0.25) is 0 Å². The van der Waals surface area contributed by atoms with Gasteiger partial charge >= 0.3 is 11.8 Å². The highest BCUT2D eigenvalue weighted by Gasteiger charge is 2.12. The number of carbonyl (C=O) groups is 3. The highest BCUT2D eigenvalue weighted by atomic mass is 19.1. The van der Waals surface area contributed by atoms with Crippen molar-refractivity contribution in [2.24, 2.45) is 5.10 Å². The third kappa shape index (κ3) is 7.14. The molecule has 0 radical (unpaired) electrons. The van der Waals surface area contributed by atoms with Crippen LogP contribution in [-0.4, -0.2) is 41.7 Å². The number of nitrogens with zero attached hydrogens (tertiary/aromatic N) is 1. The smallest absolute Gasteiger partial charge is 0.329 e. The Morgan fingerprint density at radius 3 is 2.43 bits per heavy atom. The first-order valence-electron chi connectivity index (χ1n) is 6.70. The number of amides is 3. The summed E-state index contributed by atoms with van der Waals surface area (Å²) in [4.78, 5) is 34.2. The van der Waals surface area contributed by atoms with Crippen LogP contribution in [0.3, 0.4) is 0 Å². The van der Waals surface area contributed by atoms with Crippen LogP contribution in [0.1, 0.15) is 13.3 Å². The number of carbonyl (C=O) groups excluding carboxylic acids is 3. The third-order valence-corrected chi connectivity index (χ3v) is 2.50. The first-order valence-corrected chi connectivity index (χ1v) is 6.70. The minimum atomic E-state index is -1.00. The predicted octanol–water partition coefficient (Wildman–Crippen LogP) is -0.245. The summed E-state index contributed by atoms with van der Waals surface area (Å²) >= 11 is 0. The number of benzene rings is 1. The largest absolute Gasteiger partial charge is 0.395 e. The van der Waals surface area contributed by atoms with E-state index in [0.717, 1.165) is 0 Å². The number of hydrogen-bond acceptors (Lipinski definition) is 5. The van der Waals surface area contributed by atoms with E-state index < -0.39 is 23.5 Å². The average Bonchev–Trinajstić information content (AvgIpc) is 2.52. The van der Waals surface area contributed by atoms with Crippen molar-refractivity contribution in [1.29, 1.82) is 0 Å². The number of aliphatic hydroxyl groups is 1. The van der Waals surface area contributed by atoms with Crippen LogP contribution in [0.5, 0.6) is 0 Å². The van der Waals surface area contributed by atoms with Gasteiger partial charge in [0.1, 0.15) is 5.82 Å². The Hall–Kier alpha value is -2.81. The summed E-state index contributed by atoms with van der Waals surface area (Å²) in [6, 6.07) is 5.24. The quantitative estimate of drug-likeness (QED) is 0.328. The van der Waals surface area contributed by atoms with Crippen LogP contribution >= 0.6 is 0 Å². The maximum Gasteiger partial charge on any atom is 0.329 e. The maximum absolute atomic E-state index is 12.7. The molecule has 0 saturated carbocycles. The van der Waals surface area contributed by atoms with Gasteiger partial charge in [-0.15, -0.1) is 0 Å². The third-order valence-electron chi connectivity index (χ3n) is 2.50. The molecule has 0 heterocycles. The Balaban J connectivity index is 2.43. The van der Waals surface area contributed by atoms with E-state index >= 15 is 0 Å². The zero-order valence-corrected chi connectivity index (χ0v) is 12.4. The molecule has 9 heteroatoms. The van der Waals surface area contributed by atoms with E-state index in [4.69, 9.17) is 5.11 Å². The first-order chi connectivity index (χ1) is 10.9. The van der Waals surface area contributed by atoms with Crippen molar-refractivity contribution in [2.75, 3.05) is 18.5 Å². The minimum absolute atomic E-state index is 0.0466. The molecule has 1 aromatic carbocycles. The van der Waals surface area contributed by atoms with Gasteiger partial charge < -0.3 is 15.7 Å². The molecular formula is C14H17FN4O4. The Morgan fingerprint density at radius 1 is 1.17 bits per heavy atom. The molecule has 1 rings (SSSR count). The summed E-state index contributed by atoms with van der Waals surface area (Å²) in [5, 5.41) is 16.8. The number of nitrogens with one attached hydrogen (secondary N) is 3. The van der Waals surface area contributed by atoms with Crippen molar-refractivity contribution in [2.45, 2.75) is 13.3 Å². The molecule has 0 fully saturated rings. The van der Waals surface area contributed by atoms with Gasteiger partial charge in [-0.3, -0.25) is 14.4 Å². The summed E-state index contributed by atoms with van der Waals surface area (Å²) in [5.41, 5.74) is 2.69. The second-order valence-electron chi connectivity index (χ2n) is 4.50. The summed E-state index contributed by atoms with van der Waals surface area (Å²) < 4.78 is 12.7. The van der Waals surface area contributed by atoms with Gasteiger partial charge in [-0.1, -0.05) is 0 Å². The van der Waals surface area contributed by atoms with E-state index in [1.807, 2.05) is 5.43 Å². The van der Waals surface area contributed by atoms with Gasteiger partial charge in [0, 0.05) is 17.9 Å². The molecule has 23 heavy (non-hydrogen) atoms. The fourth-order valence-electron chi connectivity index (χ4n) is 1.46. The highest BCUT2D eigenvalue weighted by Crippen LogP contribution is 2.08. The van der Waals surface area contributed by atoms with Gasteiger partial charge in [0.15, 0.2) is 0 Å². The van der Waals surface area contributed by atoms with Crippen molar-refractivity contribution in [1.82, 2.24) is 10.7 Å². The van der Waals surface area contributed by atoms with Crippen LogP contribution in [0.25, 0.3) is 0 Å². The number of halogens is 1. The second kappa shape index (κ2) is 9.26. The van der Waals surface area contributed by atoms with Gasteiger partial charge in [-0.25, -0.2) is 9.82 Å². The van der Waals surface area contributed by atoms with Crippen LogP contribution in [0, 0.1) is 5.82 Å². The van der Waals surface area contributed by atoms with Gasteiger partial charge in [0.05, 0.1) is 13.0 Å². The summed E-state index contributed by atoms with van der Waals surface area (Å²) in [6.07, 6.45) is -0.115. The standard InChI is InChI=1S/C14H17FN4O4/c1-9(18-19-14(23)13(22)16-6-7-20)8-12(21)17-11-4-2-10(15)3-5-11/h2-5,20H,6-8H2,1H3,(H,16,22)(H,17,21)(H,19,23)/b18-9+. The molecule has 0 spiro atoms. The van der Waals surface area contributed by atoms with Crippen molar-refractivity contribution >= 4 is 29.1 Å². The lowest BCUT2D eigenvalue weighted by Gasteiger charge is -2.05. The Bertz CT molecular complexity index is 601. The molecule has 0 aliphatic heterocycles. The van der Waals surface area contributed by atoms with E-state index in [2.05, 4.69) is 15.7 Å². The van der Waals surface area contributed by atoms with Crippen LogP contribution in [-0.2, 0) is 14.4 Å². The van der Waals surface area contributed by atoms with Crippen molar-refractivity contribution < 1.29 is 23.9 Å². The van der Waals surface area contributed by atoms with Crippen molar-refractivity contribution in [3.63, 3.8) is 0 Å². The predicted molar refractivity (Wildman–Crippen MR) is 81.0 cm³/mol. The topological polar surface area (TPSA) is 120 Å². The van der Waals surface area contributed by atoms with Gasteiger partial charge in [-0.05, 0) is 31.2 Å². The zero-order valence-electron chi connectivity index (χ0n) is 12.4. The zero-order chi connectivity index (χ0) is 17.2. The fraction of sp³-hybridized carbons (Fsp3) is 0.286. The SMILES string of the molecule is C/C(CC(=O)Nc1ccc(F)cc1)=N\NC(=O)C(=O)NCCO. The van der Waals surface area contributed by atoms with Crippen LogP contribution in [0.4, 0.5) is 10.1 Å². The van der Waals surface area contributed by atoms with Crippen LogP contribution in [0.15, 0.2) is 29.4 Å². The maximum atomic E-state index is 12.7. The number of anilines is 1. The molecule has 3 amide bonds. The minimum Gasteiger partial charge on any atom is -0.395 e. The number of aliphatic hydroxyl groups excluding tert-OH is 1. The molecular weight excluding hydrogens is 307 g/mol. The molecule has 0 saturated heterocycles. The number of hydrazone groups is 1. The molecule has 124 valence electrons. The molecule has 0 unspecified atom stereocenters. The van der Waals surface area contributed by atoms with Gasteiger partial charge in [0.25, 0.3) is 0 Å². The lowest BCUT2D eigenvalue weighted by Crippen LogP contribution is -2.39. The van der Waals surface area contributed by atoms with Crippen molar-refractivity contribution in [3.05, 3.63) is 30.1 Å². The monoisotopic (exact) mass is 324 g/mol. The first kappa shape index (κ1) is 18.2.